The number of aromatic nitrogens is 1. The molecule has 270 valence electrons. The van der Waals surface area contributed by atoms with Crippen molar-refractivity contribution in [3.63, 3.8) is 0 Å². The molecule has 1 aromatic heterocycles. The van der Waals surface area contributed by atoms with Crippen LogP contribution in [0, 0.1) is 11.3 Å². The van der Waals surface area contributed by atoms with E-state index in [1.807, 2.05) is 62.2 Å². The Morgan fingerprint density at radius 3 is 2.43 bits per heavy atom. The summed E-state index contributed by atoms with van der Waals surface area (Å²) in [5.41, 5.74) is 5.00. The van der Waals surface area contributed by atoms with Crippen molar-refractivity contribution in [3.05, 3.63) is 47.7 Å². The van der Waals surface area contributed by atoms with Gasteiger partial charge in [-0.2, -0.15) is 0 Å². The van der Waals surface area contributed by atoms with E-state index in [4.69, 9.17) is 49.3 Å². The van der Waals surface area contributed by atoms with E-state index in [1.165, 1.54) is 11.9 Å². The van der Waals surface area contributed by atoms with Crippen molar-refractivity contribution in [2.24, 2.45) is 11.3 Å². The lowest BCUT2D eigenvalue weighted by Crippen LogP contribution is -2.61. The SMILES string of the molecule is CC(=O)O[C@H](C)c1ccc2ccc(/C=C/C(C)(C)CN(C)[C@H](C(=O)N[C@@H](C)C(=O)N3CCC[C@@H](C(=O)OCC(Cl)(Cl)Cl)N3)C(C)C)cc2n1. The summed E-state index contributed by atoms with van der Waals surface area (Å²) in [6, 6.07) is 7.69. The van der Waals surface area contributed by atoms with E-state index < -0.39 is 40.6 Å². The van der Waals surface area contributed by atoms with Crippen LogP contribution in [0.4, 0.5) is 0 Å². The number of alkyl halides is 3. The summed E-state index contributed by atoms with van der Waals surface area (Å²) in [7, 11) is 1.90. The Morgan fingerprint density at radius 2 is 1.80 bits per heavy atom. The van der Waals surface area contributed by atoms with E-state index in [1.54, 1.807) is 13.8 Å². The first-order valence-electron chi connectivity index (χ1n) is 16.3. The van der Waals surface area contributed by atoms with Gasteiger partial charge in [0.1, 0.15) is 24.8 Å². The number of hydrogen-bond donors (Lipinski definition) is 2. The van der Waals surface area contributed by atoms with Gasteiger partial charge in [-0.1, -0.05) is 92.8 Å². The number of nitrogens with zero attached hydrogens (tertiary/aromatic N) is 3. The minimum atomic E-state index is -1.74. The molecule has 1 fully saturated rings. The molecule has 0 saturated carbocycles. The van der Waals surface area contributed by atoms with E-state index in [2.05, 4.69) is 30.7 Å². The zero-order valence-electron chi connectivity index (χ0n) is 29.4. The third-order valence-corrected chi connectivity index (χ3v) is 8.43. The maximum atomic E-state index is 13.6. The van der Waals surface area contributed by atoms with Crippen molar-refractivity contribution in [3.8, 4) is 0 Å². The number of rotatable bonds is 13. The van der Waals surface area contributed by atoms with E-state index in [9.17, 15) is 19.2 Å². The maximum Gasteiger partial charge on any atom is 0.325 e. The van der Waals surface area contributed by atoms with Gasteiger partial charge in [-0.15, -0.1) is 0 Å². The molecule has 1 aromatic carbocycles. The molecule has 2 amide bonds. The topological polar surface area (TPSA) is 130 Å². The summed E-state index contributed by atoms with van der Waals surface area (Å²) in [6.07, 6.45) is 4.69. The molecular weight excluding hydrogens is 693 g/mol. The molecular formula is C35H48Cl3N5O6. The zero-order valence-corrected chi connectivity index (χ0v) is 31.7. The van der Waals surface area contributed by atoms with Gasteiger partial charge in [-0.25, -0.2) is 10.4 Å². The third-order valence-electron chi connectivity index (χ3n) is 8.10. The summed E-state index contributed by atoms with van der Waals surface area (Å²) < 4.78 is 8.62. The molecule has 49 heavy (non-hydrogen) atoms. The number of likely N-dealkylation sites (N-methyl/N-ethyl adjacent to an activating group) is 1. The minimum Gasteiger partial charge on any atom is -0.460 e. The smallest absolute Gasteiger partial charge is 0.325 e. The van der Waals surface area contributed by atoms with Crippen molar-refractivity contribution in [1.29, 1.82) is 0 Å². The number of benzene rings is 1. The molecule has 0 radical (unpaired) electrons. The predicted octanol–water partition coefficient (Wildman–Crippen LogP) is 5.77. The van der Waals surface area contributed by atoms with Crippen LogP contribution in [-0.4, -0.2) is 87.3 Å². The summed E-state index contributed by atoms with van der Waals surface area (Å²) >= 11 is 17.0. The fraction of sp³-hybridized carbons (Fsp3) is 0.571. The van der Waals surface area contributed by atoms with Crippen LogP contribution in [0.25, 0.3) is 17.0 Å². The summed E-state index contributed by atoms with van der Waals surface area (Å²) in [6.45, 7) is 13.4. The maximum absolute atomic E-state index is 13.6. The van der Waals surface area contributed by atoms with Gasteiger partial charge in [0, 0.05) is 25.4 Å². The molecule has 11 nitrogen and oxygen atoms in total. The zero-order chi connectivity index (χ0) is 36.7. The Hall–Kier alpha value is -2.96. The molecule has 2 heterocycles. The highest BCUT2D eigenvalue weighted by atomic mass is 35.6. The number of pyridine rings is 1. The first-order valence-corrected chi connectivity index (χ1v) is 17.5. The number of ether oxygens (including phenoxy) is 2. The fourth-order valence-electron chi connectivity index (χ4n) is 5.88. The third kappa shape index (κ3) is 12.4. The molecule has 2 aromatic rings. The Labute approximate surface area is 303 Å². The number of carbonyl (C=O) groups is 4. The van der Waals surface area contributed by atoms with Crippen LogP contribution in [-0.2, 0) is 28.7 Å². The molecule has 2 N–H and O–H groups in total. The molecule has 0 bridgehead atoms. The van der Waals surface area contributed by atoms with Crippen molar-refractivity contribution in [1.82, 2.24) is 25.6 Å². The van der Waals surface area contributed by atoms with Gasteiger partial charge in [0.2, 0.25) is 9.70 Å². The summed E-state index contributed by atoms with van der Waals surface area (Å²) in [5, 5.41) is 5.19. The molecule has 1 aliphatic rings. The quantitative estimate of drug-likeness (QED) is 0.194. The molecule has 0 aliphatic carbocycles. The van der Waals surface area contributed by atoms with Crippen molar-refractivity contribution >= 4 is 75.5 Å². The van der Waals surface area contributed by atoms with Crippen LogP contribution in [0.5, 0.6) is 0 Å². The van der Waals surface area contributed by atoms with Crippen LogP contribution in [0.15, 0.2) is 36.4 Å². The van der Waals surface area contributed by atoms with Crippen LogP contribution >= 0.6 is 34.8 Å². The molecule has 14 heteroatoms. The van der Waals surface area contributed by atoms with Crippen molar-refractivity contribution in [2.75, 3.05) is 26.7 Å². The Morgan fingerprint density at radius 1 is 1.12 bits per heavy atom. The number of esters is 2. The largest absolute Gasteiger partial charge is 0.460 e. The average Bonchev–Trinajstić information content (AvgIpc) is 3.00. The van der Waals surface area contributed by atoms with Gasteiger partial charge >= 0.3 is 11.9 Å². The number of hydrogen-bond acceptors (Lipinski definition) is 9. The lowest BCUT2D eigenvalue weighted by Gasteiger charge is -2.37. The molecule has 3 rings (SSSR count). The number of halogens is 3. The van der Waals surface area contributed by atoms with Gasteiger partial charge in [-0.05, 0) is 62.8 Å². The lowest BCUT2D eigenvalue weighted by atomic mass is 9.89. The van der Waals surface area contributed by atoms with E-state index in [0.29, 0.717) is 31.6 Å². The van der Waals surface area contributed by atoms with Crippen LogP contribution in [0.2, 0.25) is 0 Å². The van der Waals surface area contributed by atoms with Gasteiger partial charge in [-0.3, -0.25) is 29.1 Å². The normalized spacial score (nSPS) is 17.7. The minimum absolute atomic E-state index is 0.0487. The van der Waals surface area contributed by atoms with Crippen LogP contribution in [0.3, 0.4) is 0 Å². The van der Waals surface area contributed by atoms with Crippen LogP contribution < -0.4 is 10.7 Å². The highest BCUT2D eigenvalue weighted by Crippen LogP contribution is 2.27. The van der Waals surface area contributed by atoms with E-state index in [0.717, 1.165) is 16.5 Å². The van der Waals surface area contributed by atoms with E-state index >= 15 is 0 Å². The predicted molar refractivity (Wildman–Crippen MR) is 193 cm³/mol. The Kier molecular flexibility index (Phi) is 14.3. The number of nitrogens with one attached hydrogen (secondary N) is 2. The molecule has 0 spiro atoms. The lowest BCUT2D eigenvalue weighted by molar-refractivity contribution is -0.153. The van der Waals surface area contributed by atoms with Gasteiger partial charge < -0.3 is 14.8 Å². The standard InChI is InChI=1S/C35H48Cl3N5O6/c1-21(2)30(31(45)39-22(3)32(46)43-17-9-10-28(41-43)33(47)48-20-35(36,37)38)42(8)19-34(6,7)16-15-25-11-12-26-13-14-27(40-29(26)18-25)23(4)49-24(5)44/h11-16,18,21-23,28,30,41H,9-10,17,19-20H2,1-8H3,(H,39,45)/b16-15+/t22-,23+,28-,30-/m0/s1. The second-order valence-corrected chi connectivity index (χ2v) is 16.1. The van der Waals surface area contributed by atoms with Crippen molar-refractivity contribution in [2.45, 2.75) is 89.3 Å². The number of fused-ring (bicyclic) bond motifs is 1. The van der Waals surface area contributed by atoms with Crippen LogP contribution in [0.1, 0.15) is 78.7 Å². The second kappa shape index (κ2) is 17.3. The highest BCUT2D eigenvalue weighted by molar-refractivity contribution is 6.67. The number of carbonyl (C=O) groups excluding carboxylic acids is 4. The first-order chi connectivity index (χ1) is 22.8. The first kappa shape index (κ1) is 40.5. The van der Waals surface area contributed by atoms with E-state index in [-0.39, 0.29) is 29.1 Å². The fourth-order valence-corrected chi connectivity index (χ4v) is 6.04. The van der Waals surface area contributed by atoms with Gasteiger partial charge in [0.05, 0.1) is 17.3 Å². The molecule has 1 aliphatic heterocycles. The van der Waals surface area contributed by atoms with Crippen molar-refractivity contribution < 1.29 is 28.7 Å². The molecule has 0 unspecified atom stereocenters. The number of amides is 2. The highest BCUT2D eigenvalue weighted by Gasteiger charge is 2.35. The molecule has 4 atom stereocenters. The summed E-state index contributed by atoms with van der Waals surface area (Å²) in [5.74, 6) is -1.68. The Bertz CT molecular complexity index is 1530. The average molecular weight is 741 g/mol. The monoisotopic (exact) mass is 739 g/mol. The second-order valence-electron chi connectivity index (χ2n) is 13.6. The van der Waals surface area contributed by atoms with Gasteiger partial charge in [0.15, 0.2) is 0 Å². The van der Waals surface area contributed by atoms with Gasteiger partial charge in [0.25, 0.3) is 5.91 Å². The number of hydrazine groups is 1. The summed E-state index contributed by atoms with van der Waals surface area (Å²) in [4.78, 5) is 57.4. The Balaban J connectivity index is 1.63. The molecule has 1 saturated heterocycles.